The van der Waals surface area contributed by atoms with Crippen molar-refractivity contribution in [3.63, 3.8) is 0 Å². The number of Topliss-reactive ketones (excluding diaryl/α,β-unsaturated/α-hetero) is 1. The Hall–Kier alpha value is -5.34. The van der Waals surface area contributed by atoms with Gasteiger partial charge in [0.1, 0.15) is 46.2 Å². The zero-order chi connectivity index (χ0) is 48.0. The van der Waals surface area contributed by atoms with Crippen LogP contribution in [0.25, 0.3) is 22.3 Å². The zero-order valence-electron chi connectivity index (χ0n) is 38.5. The van der Waals surface area contributed by atoms with Crippen LogP contribution in [0.3, 0.4) is 0 Å². The predicted octanol–water partition coefficient (Wildman–Crippen LogP) is 6.35. The third-order valence-electron chi connectivity index (χ3n) is 13.3. The summed E-state index contributed by atoms with van der Waals surface area (Å²) in [4.78, 5) is 82.2. The molecule has 4 aromatic rings. The highest BCUT2D eigenvalue weighted by molar-refractivity contribution is 7.93. The first-order valence-corrected chi connectivity index (χ1v) is 26.2. The summed E-state index contributed by atoms with van der Waals surface area (Å²) in [5, 5.41) is 25.7. The first-order chi connectivity index (χ1) is 31.8. The van der Waals surface area contributed by atoms with Crippen LogP contribution in [0, 0.1) is 11.3 Å². The van der Waals surface area contributed by atoms with E-state index in [0.29, 0.717) is 51.5 Å². The van der Waals surface area contributed by atoms with Gasteiger partial charge >= 0.3 is 12.0 Å². The lowest BCUT2D eigenvalue weighted by Gasteiger charge is -2.33. The van der Waals surface area contributed by atoms with Crippen LogP contribution >= 0.6 is 22.7 Å². The molecule has 0 radical (unpaired) electrons. The number of hydrogen-bond acceptors (Lipinski definition) is 14. The maximum Gasteiger partial charge on any atom is 0.329 e. The van der Waals surface area contributed by atoms with Crippen LogP contribution < -0.4 is 30.7 Å². The molecule has 0 spiro atoms. The van der Waals surface area contributed by atoms with Gasteiger partial charge in [0.2, 0.25) is 11.8 Å². The number of carbonyl (C=O) groups is 5. The van der Waals surface area contributed by atoms with Gasteiger partial charge in [0, 0.05) is 46.7 Å². The third kappa shape index (κ3) is 9.97. The molecule has 0 bridgehead atoms. The second-order valence-corrected chi connectivity index (χ2v) is 23.5. The zero-order valence-corrected chi connectivity index (χ0v) is 41.0. The number of nitrogens with zero attached hydrogens (tertiary/aromatic N) is 3. The van der Waals surface area contributed by atoms with Crippen LogP contribution in [-0.2, 0) is 35.4 Å². The van der Waals surface area contributed by atoms with Crippen molar-refractivity contribution >= 4 is 78.1 Å². The Balaban J connectivity index is 1.09. The number of thiazole rings is 1. The van der Waals surface area contributed by atoms with E-state index in [-0.39, 0.29) is 49.1 Å². The summed E-state index contributed by atoms with van der Waals surface area (Å²) in [5.74, 6) is -2.24. The monoisotopic (exact) mass is 977 g/mol. The standard InChI is InChI=1S/C47H59N7O10S3/c1-25(2)48-45-51-33(24-66-45)32-20-35(29-15-14-27(63-6)18-31(29)49-32)64-28-19-34-41(56)53-47(43(58)59)22-26(47)12-10-8-7-9-11-13-30(42(57)54(34)23-28)50-44(60)52-40(46(3,4)5)39(55)38-21-36-37(16-17-65-36)67(38,61)62/h14-18,20,24-26,28,30,34,38,40H,7-13,19,21-23H2,1-6H3,(H,48,51)(H,53,56)(H,58,59)(H2,50,52,60)/t26?,28-,30+,34+,38?,40-,47-/m1/s1. The summed E-state index contributed by atoms with van der Waals surface area (Å²) in [5.41, 5.74) is -0.673. The van der Waals surface area contributed by atoms with E-state index in [4.69, 9.17) is 19.4 Å². The first-order valence-electron chi connectivity index (χ1n) is 22.9. The molecule has 4 aliphatic rings. The quantitative estimate of drug-likeness (QED) is 0.110. The number of methoxy groups -OCH3 is 1. The van der Waals surface area contributed by atoms with E-state index < -0.39 is 79.9 Å². The average Bonchev–Trinajstić information content (AvgIpc) is 3.76. The normalized spacial score (nSPS) is 25.7. The largest absolute Gasteiger partial charge is 0.497 e. The number of carbonyl (C=O) groups excluding carboxylic acids is 4. The summed E-state index contributed by atoms with van der Waals surface area (Å²) in [6.07, 6.45) is 4.10. The Bertz CT molecular complexity index is 2680. The molecule has 8 rings (SSSR count). The van der Waals surface area contributed by atoms with Gasteiger partial charge in [-0.2, -0.15) is 0 Å². The molecule has 2 saturated heterocycles. The predicted molar refractivity (Wildman–Crippen MR) is 254 cm³/mol. The van der Waals surface area contributed by atoms with Gasteiger partial charge in [-0.3, -0.25) is 14.4 Å². The molecule has 3 aliphatic heterocycles. The molecule has 3 aromatic heterocycles. The lowest BCUT2D eigenvalue weighted by molar-refractivity contribution is -0.145. The molecule has 20 heteroatoms. The van der Waals surface area contributed by atoms with Crippen LogP contribution in [0.5, 0.6) is 11.5 Å². The number of pyridine rings is 1. The Morgan fingerprint density at radius 2 is 1.75 bits per heavy atom. The lowest BCUT2D eigenvalue weighted by atomic mass is 9.82. The fourth-order valence-corrected chi connectivity index (χ4v) is 13.8. The number of benzene rings is 1. The van der Waals surface area contributed by atoms with E-state index in [9.17, 15) is 32.7 Å². The smallest absolute Gasteiger partial charge is 0.329 e. The SMILES string of the molecule is COc1ccc2c(O[C@@H]3C[C@H]4C(=O)N[C@]5(C(=O)O)CC5CCCCCCC[C@H](NC(=O)N[C@H](C(=O)C5Cc6sccc6S5(=O)=O)C(C)(C)C)C(=O)N4C3)cc(-c3csc(NC(C)C)n3)nc2c1. The number of anilines is 1. The number of fused-ring (bicyclic) bond motifs is 4. The van der Waals surface area contributed by atoms with Crippen molar-refractivity contribution in [3.8, 4) is 22.9 Å². The molecule has 5 N–H and O–H groups in total. The molecule has 2 unspecified atom stereocenters. The topological polar surface area (TPSA) is 235 Å². The molecule has 17 nitrogen and oxygen atoms in total. The number of sulfone groups is 1. The van der Waals surface area contributed by atoms with Crippen LogP contribution in [0.2, 0.25) is 0 Å². The highest BCUT2D eigenvalue weighted by Gasteiger charge is 2.62. The van der Waals surface area contributed by atoms with Gasteiger partial charge < -0.3 is 40.7 Å². The molecular formula is C47H59N7O10S3. The molecule has 4 amide bonds. The van der Waals surface area contributed by atoms with Gasteiger partial charge in [-0.25, -0.2) is 28.0 Å². The number of ketones is 1. The van der Waals surface area contributed by atoms with E-state index in [1.165, 1.54) is 33.6 Å². The Morgan fingerprint density at radius 3 is 2.45 bits per heavy atom. The van der Waals surface area contributed by atoms with Gasteiger partial charge in [0.25, 0.3) is 0 Å². The van der Waals surface area contributed by atoms with Gasteiger partial charge in [-0.05, 0) is 68.0 Å². The van der Waals surface area contributed by atoms with Crippen molar-refractivity contribution in [2.75, 3.05) is 19.0 Å². The van der Waals surface area contributed by atoms with Gasteiger partial charge in [-0.1, -0.05) is 52.9 Å². The van der Waals surface area contributed by atoms with E-state index in [2.05, 4.69) is 21.3 Å². The molecule has 7 atom stereocenters. The van der Waals surface area contributed by atoms with Crippen molar-refractivity contribution in [1.82, 2.24) is 30.8 Å². The number of carboxylic acid groups (broad SMARTS) is 1. The number of ether oxygens (including phenoxy) is 2. The first kappa shape index (κ1) is 48.1. The molecule has 1 aliphatic carbocycles. The van der Waals surface area contributed by atoms with Gasteiger partial charge in [0.05, 0.1) is 35.8 Å². The van der Waals surface area contributed by atoms with E-state index in [0.717, 1.165) is 30.8 Å². The average molecular weight is 978 g/mol. The second-order valence-electron chi connectivity index (χ2n) is 19.5. The lowest BCUT2D eigenvalue weighted by Crippen LogP contribution is -2.60. The van der Waals surface area contributed by atoms with Crippen molar-refractivity contribution in [2.24, 2.45) is 11.3 Å². The molecule has 6 heterocycles. The number of rotatable bonds is 11. The number of aliphatic carboxylic acids is 1. The number of thiophene rings is 1. The number of carboxylic acids is 1. The highest BCUT2D eigenvalue weighted by Crippen LogP contribution is 2.48. The molecule has 360 valence electrons. The minimum atomic E-state index is -3.97. The van der Waals surface area contributed by atoms with Crippen LogP contribution in [-0.4, -0.2) is 113 Å². The van der Waals surface area contributed by atoms with E-state index in [1.54, 1.807) is 51.5 Å². The molecule has 67 heavy (non-hydrogen) atoms. The summed E-state index contributed by atoms with van der Waals surface area (Å²) >= 11 is 2.71. The van der Waals surface area contributed by atoms with Crippen LogP contribution in [0.15, 0.2) is 46.0 Å². The van der Waals surface area contributed by atoms with Crippen LogP contribution in [0.1, 0.15) is 97.3 Å². The highest BCUT2D eigenvalue weighted by atomic mass is 32.2. The summed E-state index contributed by atoms with van der Waals surface area (Å²) in [6.45, 7) is 9.14. The summed E-state index contributed by atoms with van der Waals surface area (Å²) in [6, 6.07) is 4.40. The minimum Gasteiger partial charge on any atom is -0.497 e. The number of urea groups is 1. The molecular weight excluding hydrogens is 919 g/mol. The van der Waals surface area contributed by atoms with E-state index in [1.807, 2.05) is 25.3 Å². The number of hydrogen-bond donors (Lipinski definition) is 5. The third-order valence-corrected chi connectivity index (χ3v) is 17.3. The molecule has 3 fully saturated rings. The number of nitrogens with one attached hydrogen (secondary N) is 4. The van der Waals surface area contributed by atoms with Gasteiger partial charge in [0.15, 0.2) is 20.8 Å². The fourth-order valence-electron chi connectivity index (χ4n) is 9.62. The fraction of sp³-hybridized carbons (Fsp3) is 0.553. The summed E-state index contributed by atoms with van der Waals surface area (Å²) < 4.78 is 39.3. The minimum absolute atomic E-state index is 0.00721. The maximum atomic E-state index is 15.0. The van der Waals surface area contributed by atoms with Crippen LogP contribution in [0.4, 0.5) is 9.93 Å². The van der Waals surface area contributed by atoms with Crippen molar-refractivity contribution < 1.29 is 47.0 Å². The summed E-state index contributed by atoms with van der Waals surface area (Å²) in [7, 11) is -2.41. The van der Waals surface area contributed by atoms with Crippen molar-refractivity contribution in [2.45, 2.75) is 145 Å². The number of amides is 4. The van der Waals surface area contributed by atoms with E-state index >= 15 is 4.79 Å². The molecule has 1 aromatic carbocycles. The second kappa shape index (κ2) is 19.0. The van der Waals surface area contributed by atoms with Crippen molar-refractivity contribution in [1.29, 1.82) is 0 Å². The Kier molecular flexibility index (Phi) is 13.6. The van der Waals surface area contributed by atoms with Crippen molar-refractivity contribution in [3.05, 3.63) is 46.0 Å². The molecule has 1 saturated carbocycles. The van der Waals surface area contributed by atoms with Gasteiger partial charge in [-0.15, -0.1) is 22.7 Å². The Labute approximate surface area is 398 Å². The number of aromatic nitrogens is 2. The Morgan fingerprint density at radius 1 is 1.00 bits per heavy atom. The maximum absolute atomic E-state index is 15.0.